The van der Waals surface area contributed by atoms with E-state index in [1.54, 1.807) is 18.3 Å². The van der Waals surface area contributed by atoms with E-state index in [-0.39, 0.29) is 11.8 Å². The van der Waals surface area contributed by atoms with Gasteiger partial charge in [-0.2, -0.15) is 5.10 Å². The minimum atomic E-state index is -0.988. The van der Waals surface area contributed by atoms with Crippen LogP contribution in [0, 0.1) is 13.8 Å². The van der Waals surface area contributed by atoms with Crippen LogP contribution >= 0.6 is 0 Å². The Morgan fingerprint density at radius 2 is 1.87 bits per heavy atom. The molecule has 3 heterocycles. The number of piperidine rings is 1. The lowest BCUT2D eigenvalue weighted by molar-refractivity contribution is -0.0776. The number of carbonyl (C=O) groups is 2. The van der Waals surface area contributed by atoms with E-state index in [2.05, 4.69) is 15.5 Å². The van der Waals surface area contributed by atoms with Crippen molar-refractivity contribution in [3.8, 4) is 17.0 Å². The van der Waals surface area contributed by atoms with Crippen molar-refractivity contribution < 1.29 is 14.3 Å². The number of benzene rings is 2. The van der Waals surface area contributed by atoms with E-state index in [0.717, 1.165) is 22.4 Å². The molecule has 1 aromatic heterocycles. The van der Waals surface area contributed by atoms with Gasteiger partial charge >= 0.3 is 0 Å². The Morgan fingerprint density at radius 1 is 1.10 bits per heavy atom. The highest BCUT2D eigenvalue weighted by molar-refractivity contribution is 6.13. The maximum atomic E-state index is 13.7. The van der Waals surface area contributed by atoms with Crippen LogP contribution in [0.2, 0.25) is 0 Å². The molecule has 2 aliphatic rings. The van der Waals surface area contributed by atoms with Crippen molar-refractivity contribution in [2.45, 2.75) is 32.4 Å². The number of imide groups is 1. The molecule has 5 rings (SSSR count). The summed E-state index contributed by atoms with van der Waals surface area (Å²) in [6.45, 7) is 5.30. The summed E-state index contributed by atoms with van der Waals surface area (Å²) in [5.41, 5.74) is 3.58. The van der Waals surface area contributed by atoms with Gasteiger partial charge in [-0.1, -0.05) is 12.1 Å². The first-order valence-corrected chi connectivity index (χ1v) is 10.5. The first-order valence-electron chi connectivity index (χ1n) is 10.5. The zero-order chi connectivity index (χ0) is 21.6. The Morgan fingerprint density at radius 3 is 2.61 bits per heavy atom. The highest BCUT2D eigenvalue weighted by Gasteiger charge is 2.51. The fourth-order valence-corrected chi connectivity index (χ4v) is 4.38. The molecular weight excluding hydrogens is 392 g/mol. The van der Waals surface area contributed by atoms with Crippen LogP contribution in [0.15, 0.2) is 48.7 Å². The molecule has 0 atom stereocenters. The van der Waals surface area contributed by atoms with Gasteiger partial charge in [-0.3, -0.25) is 14.7 Å². The van der Waals surface area contributed by atoms with Crippen LogP contribution in [0.3, 0.4) is 0 Å². The third-order valence-corrected chi connectivity index (χ3v) is 6.25. The van der Waals surface area contributed by atoms with Crippen molar-refractivity contribution in [1.82, 2.24) is 20.4 Å². The van der Waals surface area contributed by atoms with E-state index in [1.807, 2.05) is 44.2 Å². The number of carbonyl (C=O) groups excluding carboxylic acids is 2. The van der Waals surface area contributed by atoms with Crippen LogP contribution in [0.5, 0.6) is 5.75 Å². The van der Waals surface area contributed by atoms with Crippen molar-refractivity contribution >= 4 is 11.8 Å². The van der Waals surface area contributed by atoms with Crippen LogP contribution in [-0.2, 0) is 0 Å². The Hall–Kier alpha value is -3.45. The lowest BCUT2D eigenvalue weighted by Crippen LogP contribution is -2.64. The third-order valence-electron chi connectivity index (χ3n) is 6.25. The number of hydrogen-bond acceptors (Lipinski definition) is 5. The molecule has 0 unspecified atom stereocenters. The topological polar surface area (TPSA) is 87.3 Å². The number of ether oxygens (including phenoxy) is 1. The van der Waals surface area contributed by atoms with Crippen molar-refractivity contribution in [2.75, 3.05) is 13.1 Å². The maximum absolute atomic E-state index is 13.7. The van der Waals surface area contributed by atoms with Gasteiger partial charge in [0, 0.05) is 43.3 Å². The second-order valence-corrected chi connectivity index (χ2v) is 8.23. The van der Waals surface area contributed by atoms with Gasteiger partial charge in [0.25, 0.3) is 11.8 Å². The molecule has 2 aromatic carbocycles. The molecule has 1 fully saturated rings. The summed E-state index contributed by atoms with van der Waals surface area (Å²) >= 11 is 0. The first kappa shape index (κ1) is 19.5. The lowest BCUT2D eigenvalue weighted by atomic mass is 9.93. The van der Waals surface area contributed by atoms with Gasteiger partial charge in [0.15, 0.2) is 5.72 Å². The number of nitrogens with one attached hydrogen (secondary N) is 2. The molecule has 31 heavy (non-hydrogen) atoms. The third kappa shape index (κ3) is 3.21. The Balaban J connectivity index is 1.60. The molecule has 0 radical (unpaired) electrons. The molecule has 0 saturated carbocycles. The second kappa shape index (κ2) is 7.35. The Kier molecular flexibility index (Phi) is 4.63. The Bertz CT molecular complexity index is 1160. The normalized spacial score (nSPS) is 17.4. The minimum Gasteiger partial charge on any atom is -0.466 e. The van der Waals surface area contributed by atoms with Crippen molar-refractivity contribution in [2.24, 2.45) is 0 Å². The summed E-state index contributed by atoms with van der Waals surface area (Å²) in [4.78, 5) is 28.8. The van der Waals surface area contributed by atoms with Crippen LogP contribution < -0.4 is 10.1 Å². The fourth-order valence-electron chi connectivity index (χ4n) is 4.38. The molecule has 3 aromatic rings. The van der Waals surface area contributed by atoms with E-state index in [1.165, 1.54) is 4.90 Å². The molecular formula is C24H24N4O3. The number of aromatic amines is 1. The summed E-state index contributed by atoms with van der Waals surface area (Å²) in [6.07, 6.45) is 2.74. The van der Waals surface area contributed by atoms with Gasteiger partial charge in [0.1, 0.15) is 5.75 Å². The molecule has 0 bridgehead atoms. The number of aromatic nitrogens is 2. The van der Waals surface area contributed by atoms with E-state index in [0.29, 0.717) is 42.8 Å². The highest BCUT2D eigenvalue weighted by Crippen LogP contribution is 2.40. The molecule has 0 aliphatic carbocycles. The number of hydrogen-bond donors (Lipinski definition) is 2. The van der Waals surface area contributed by atoms with Crippen LogP contribution in [-0.4, -0.2) is 45.7 Å². The molecule has 7 heteroatoms. The van der Waals surface area contributed by atoms with Crippen molar-refractivity contribution in [1.29, 1.82) is 0 Å². The summed E-state index contributed by atoms with van der Waals surface area (Å²) in [7, 11) is 0. The average Bonchev–Trinajstić information content (AvgIpc) is 3.31. The van der Waals surface area contributed by atoms with Gasteiger partial charge in [-0.15, -0.1) is 0 Å². The summed E-state index contributed by atoms with van der Waals surface area (Å²) < 4.78 is 6.45. The molecule has 1 spiro atoms. The molecule has 2 amide bonds. The van der Waals surface area contributed by atoms with Gasteiger partial charge in [0.2, 0.25) is 0 Å². The van der Waals surface area contributed by atoms with Crippen LogP contribution in [0.1, 0.15) is 44.7 Å². The number of nitrogens with zero attached hydrogens (tertiary/aromatic N) is 2. The van der Waals surface area contributed by atoms with Gasteiger partial charge in [-0.05, 0) is 55.3 Å². The fraction of sp³-hybridized carbons (Fsp3) is 0.292. The van der Waals surface area contributed by atoms with Gasteiger partial charge < -0.3 is 10.1 Å². The minimum absolute atomic E-state index is 0.303. The number of rotatable bonds is 2. The maximum Gasteiger partial charge on any atom is 0.267 e. The summed E-state index contributed by atoms with van der Waals surface area (Å²) in [6, 6.07) is 12.8. The quantitative estimate of drug-likeness (QED) is 0.625. The summed E-state index contributed by atoms with van der Waals surface area (Å²) in [5.74, 6) is -0.0920. The standard InChI is InChI=1S/C24H24N4O3/c1-15-12-19-21(13-16(15)2)31-24(7-10-25-11-8-24)28(23(19)30)22(29)18-5-3-4-17(14-18)20-6-9-26-27-20/h3-6,9,12-14,25H,7-8,10-11H2,1-2H3,(H,26,27). The monoisotopic (exact) mass is 416 g/mol. The average molecular weight is 416 g/mol. The SMILES string of the molecule is Cc1cc2c(cc1C)C(=O)N(C(=O)c1cccc(-c3ccn[nH]3)c1)C1(CCNCC1)O2. The molecule has 1 saturated heterocycles. The van der Waals surface area contributed by atoms with Crippen molar-refractivity contribution in [3.05, 3.63) is 70.9 Å². The smallest absolute Gasteiger partial charge is 0.267 e. The predicted octanol–water partition coefficient (Wildman–Crippen LogP) is 3.45. The zero-order valence-corrected chi connectivity index (χ0v) is 17.6. The highest BCUT2D eigenvalue weighted by atomic mass is 16.5. The van der Waals surface area contributed by atoms with E-state index in [9.17, 15) is 9.59 Å². The molecule has 158 valence electrons. The van der Waals surface area contributed by atoms with Crippen LogP contribution in [0.25, 0.3) is 11.3 Å². The van der Waals surface area contributed by atoms with Crippen LogP contribution in [0.4, 0.5) is 0 Å². The second-order valence-electron chi connectivity index (χ2n) is 8.23. The molecule has 7 nitrogen and oxygen atoms in total. The van der Waals surface area contributed by atoms with Gasteiger partial charge in [-0.25, -0.2) is 4.90 Å². The van der Waals surface area contributed by atoms with E-state index in [4.69, 9.17) is 4.74 Å². The van der Waals surface area contributed by atoms with Crippen molar-refractivity contribution in [3.63, 3.8) is 0 Å². The Labute approximate surface area is 180 Å². The summed E-state index contributed by atoms with van der Waals surface area (Å²) in [5, 5.41) is 10.2. The lowest BCUT2D eigenvalue weighted by Gasteiger charge is -2.48. The van der Waals surface area contributed by atoms with E-state index >= 15 is 0 Å². The number of H-pyrrole nitrogens is 1. The number of fused-ring (bicyclic) bond motifs is 1. The molecule has 2 aliphatic heterocycles. The van der Waals surface area contributed by atoms with Gasteiger partial charge in [0.05, 0.1) is 11.3 Å². The number of aryl methyl sites for hydroxylation is 2. The zero-order valence-electron chi connectivity index (χ0n) is 17.6. The molecule has 2 N–H and O–H groups in total. The largest absolute Gasteiger partial charge is 0.466 e. The van der Waals surface area contributed by atoms with E-state index < -0.39 is 5.72 Å². The first-order chi connectivity index (χ1) is 15.0. The number of amides is 2. The predicted molar refractivity (Wildman–Crippen MR) is 116 cm³/mol.